The van der Waals surface area contributed by atoms with Crippen LogP contribution in [0.4, 0.5) is 10.1 Å². The Morgan fingerprint density at radius 1 is 1.47 bits per heavy atom. The maximum absolute atomic E-state index is 13.1. The molecule has 0 saturated carbocycles. The van der Waals surface area contributed by atoms with E-state index < -0.39 is 5.97 Å². The fraction of sp³-hybridized carbons (Fsp3) is 0.154. The molecule has 1 aromatic carbocycles. The molecule has 19 heavy (non-hydrogen) atoms. The fourth-order valence-corrected chi connectivity index (χ4v) is 2.69. The average molecular weight is 300 g/mol. The Morgan fingerprint density at radius 2 is 2.21 bits per heavy atom. The molecule has 0 bridgehead atoms. The summed E-state index contributed by atoms with van der Waals surface area (Å²) in [5.74, 6) is -1.32. The molecule has 3 nitrogen and oxygen atoms in total. The van der Waals surface area contributed by atoms with Crippen LogP contribution in [0, 0.1) is 12.7 Å². The summed E-state index contributed by atoms with van der Waals surface area (Å²) in [5, 5.41) is 12.3. The molecule has 0 aliphatic carbocycles. The molecule has 2 N–H and O–H groups in total. The third kappa shape index (κ3) is 3.24. The monoisotopic (exact) mass is 299 g/mol. The van der Waals surface area contributed by atoms with Gasteiger partial charge in [-0.2, -0.15) is 0 Å². The van der Waals surface area contributed by atoms with E-state index in [2.05, 4.69) is 5.32 Å². The minimum Gasteiger partial charge on any atom is -0.477 e. The van der Waals surface area contributed by atoms with Crippen molar-refractivity contribution < 1.29 is 14.3 Å². The van der Waals surface area contributed by atoms with Gasteiger partial charge >= 0.3 is 5.97 Å². The van der Waals surface area contributed by atoms with Crippen LogP contribution in [0.15, 0.2) is 24.3 Å². The lowest BCUT2D eigenvalue weighted by Crippen LogP contribution is -2.00. The summed E-state index contributed by atoms with van der Waals surface area (Å²) < 4.78 is 13.1. The quantitative estimate of drug-likeness (QED) is 0.891. The summed E-state index contributed by atoms with van der Waals surface area (Å²) in [6, 6.07) is 5.68. The Balaban J connectivity index is 2.14. The van der Waals surface area contributed by atoms with Gasteiger partial charge in [0.15, 0.2) is 0 Å². The third-order valence-corrected chi connectivity index (χ3v) is 4.04. The van der Waals surface area contributed by atoms with Crippen LogP contribution in [0.25, 0.3) is 0 Å². The highest BCUT2D eigenvalue weighted by Gasteiger charge is 2.11. The molecule has 1 heterocycles. The van der Waals surface area contributed by atoms with E-state index in [1.54, 1.807) is 6.07 Å². The molecule has 0 aliphatic heterocycles. The van der Waals surface area contributed by atoms with Crippen molar-refractivity contribution in [2.45, 2.75) is 13.5 Å². The number of rotatable bonds is 4. The molecule has 0 amide bonds. The van der Waals surface area contributed by atoms with E-state index in [0.29, 0.717) is 22.1 Å². The summed E-state index contributed by atoms with van der Waals surface area (Å²) in [6.45, 7) is 2.25. The van der Waals surface area contributed by atoms with Gasteiger partial charge in [0.05, 0.1) is 10.7 Å². The van der Waals surface area contributed by atoms with E-state index in [1.807, 2.05) is 6.92 Å². The molecule has 0 saturated heterocycles. The van der Waals surface area contributed by atoms with Crippen molar-refractivity contribution in [1.82, 2.24) is 0 Å². The molecule has 0 aliphatic rings. The fourth-order valence-electron chi connectivity index (χ4n) is 1.62. The Kier molecular flexibility index (Phi) is 4.07. The van der Waals surface area contributed by atoms with Crippen molar-refractivity contribution in [1.29, 1.82) is 0 Å². The van der Waals surface area contributed by atoms with Gasteiger partial charge in [0, 0.05) is 11.4 Å². The molecule has 0 radical (unpaired) electrons. The number of carboxylic acid groups (broad SMARTS) is 1. The van der Waals surface area contributed by atoms with Gasteiger partial charge in [0.2, 0.25) is 0 Å². The minimum atomic E-state index is -0.942. The van der Waals surface area contributed by atoms with Gasteiger partial charge < -0.3 is 10.4 Å². The largest absolute Gasteiger partial charge is 0.477 e. The second-order valence-electron chi connectivity index (χ2n) is 3.97. The van der Waals surface area contributed by atoms with Crippen LogP contribution in [-0.4, -0.2) is 11.1 Å². The Hall–Kier alpha value is -1.59. The molecule has 0 fully saturated rings. The second-order valence-corrected chi connectivity index (χ2v) is 5.64. The number of carboxylic acids is 1. The Bertz CT molecular complexity index is 627. The number of aromatic carboxylic acids is 1. The normalized spacial score (nSPS) is 10.5. The number of carbonyl (C=O) groups is 1. The Labute approximate surface area is 118 Å². The maximum atomic E-state index is 13.1. The van der Waals surface area contributed by atoms with Crippen molar-refractivity contribution >= 4 is 34.6 Å². The number of aryl methyl sites for hydroxylation is 1. The first-order valence-electron chi connectivity index (χ1n) is 5.49. The number of benzene rings is 1. The zero-order valence-corrected chi connectivity index (χ0v) is 11.6. The molecule has 6 heteroatoms. The first kappa shape index (κ1) is 13.8. The molecular formula is C13H11ClFNO2S. The number of thiophene rings is 1. The Morgan fingerprint density at radius 3 is 2.84 bits per heavy atom. The topological polar surface area (TPSA) is 49.3 Å². The maximum Gasteiger partial charge on any atom is 0.345 e. The van der Waals surface area contributed by atoms with Crippen molar-refractivity contribution in [3.05, 3.63) is 50.4 Å². The summed E-state index contributed by atoms with van der Waals surface area (Å²) >= 11 is 7.16. The lowest BCUT2D eigenvalue weighted by Gasteiger charge is -2.08. The molecule has 100 valence electrons. The van der Waals surface area contributed by atoms with E-state index in [4.69, 9.17) is 16.7 Å². The lowest BCUT2D eigenvalue weighted by atomic mass is 10.2. The van der Waals surface area contributed by atoms with Crippen LogP contribution in [0.1, 0.15) is 20.1 Å². The molecule has 2 rings (SSSR count). The number of hydrogen-bond acceptors (Lipinski definition) is 3. The van der Waals surface area contributed by atoms with Gasteiger partial charge in [-0.15, -0.1) is 11.3 Å². The summed E-state index contributed by atoms with van der Waals surface area (Å²) in [5.41, 5.74) is 1.35. The smallest absolute Gasteiger partial charge is 0.345 e. The standard InChI is InChI=1S/C13H11ClFNO2S/c1-7-8(4-12(19-7)13(17)18)6-16-11-5-9(15)2-3-10(11)14/h2-5,16H,6H2,1H3,(H,17,18). The average Bonchev–Trinajstić information content (AvgIpc) is 2.72. The van der Waals surface area contributed by atoms with E-state index >= 15 is 0 Å². The van der Waals surface area contributed by atoms with E-state index in [0.717, 1.165) is 10.4 Å². The van der Waals surface area contributed by atoms with Gasteiger partial charge in [-0.25, -0.2) is 9.18 Å². The van der Waals surface area contributed by atoms with E-state index in [1.165, 1.54) is 29.5 Å². The molecule has 0 unspecified atom stereocenters. The van der Waals surface area contributed by atoms with Gasteiger partial charge in [0.25, 0.3) is 0 Å². The van der Waals surface area contributed by atoms with Gasteiger partial charge in [-0.1, -0.05) is 11.6 Å². The highest BCUT2D eigenvalue weighted by Crippen LogP contribution is 2.26. The SMILES string of the molecule is Cc1sc(C(=O)O)cc1CNc1cc(F)ccc1Cl. The first-order valence-corrected chi connectivity index (χ1v) is 6.68. The van der Waals surface area contributed by atoms with Gasteiger partial charge in [-0.3, -0.25) is 0 Å². The van der Waals surface area contributed by atoms with Crippen LogP contribution < -0.4 is 5.32 Å². The van der Waals surface area contributed by atoms with Crippen LogP contribution >= 0.6 is 22.9 Å². The molecule has 0 spiro atoms. The molecule has 2 aromatic rings. The zero-order valence-electron chi connectivity index (χ0n) is 10.0. The van der Waals surface area contributed by atoms with Crippen LogP contribution in [0.3, 0.4) is 0 Å². The van der Waals surface area contributed by atoms with Gasteiger partial charge in [-0.05, 0) is 36.8 Å². The molecular weight excluding hydrogens is 289 g/mol. The van der Waals surface area contributed by atoms with E-state index in [9.17, 15) is 9.18 Å². The third-order valence-electron chi connectivity index (χ3n) is 2.63. The number of hydrogen-bond donors (Lipinski definition) is 2. The van der Waals surface area contributed by atoms with Crippen LogP contribution in [-0.2, 0) is 6.54 Å². The van der Waals surface area contributed by atoms with Crippen molar-refractivity contribution in [3.8, 4) is 0 Å². The number of halogens is 2. The van der Waals surface area contributed by atoms with Crippen molar-refractivity contribution in [2.75, 3.05) is 5.32 Å². The first-order chi connectivity index (χ1) is 8.97. The zero-order chi connectivity index (χ0) is 14.0. The van der Waals surface area contributed by atoms with Crippen molar-refractivity contribution in [2.24, 2.45) is 0 Å². The van der Waals surface area contributed by atoms with Crippen LogP contribution in [0.2, 0.25) is 5.02 Å². The molecule has 1 aromatic heterocycles. The van der Waals surface area contributed by atoms with Crippen LogP contribution in [0.5, 0.6) is 0 Å². The predicted molar refractivity (Wildman–Crippen MR) is 74.8 cm³/mol. The summed E-state index contributed by atoms with van der Waals surface area (Å²) in [7, 11) is 0. The lowest BCUT2D eigenvalue weighted by molar-refractivity contribution is 0.0702. The number of anilines is 1. The molecule has 0 atom stereocenters. The number of nitrogens with one attached hydrogen (secondary N) is 1. The highest BCUT2D eigenvalue weighted by atomic mass is 35.5. The summed E-state index contributed by atoms with van der Waals surface area (Å²) in [4.78, 5) is 12.1. The van der Waals surface area contributed by atoms with Gasteiger partial charge in [0.1, 0.15) is 10.7 Å². The van der Waals surface area contributed by atoms with Crippen molar-refractivity contribution in [3.63, 3.8) is 0 Å². The minimum absolute atomic E-state index is 0.291. The predicted octanol–water partition coefficient (Wildman–Crippen LogP) is 4.16. The second kappa shape index (κ2) is 5.59. The highest BCUT2D eigenvalue weighted by molar-refractivity contribution is 7.14. The summed E-state index contributed by atoms with van der Waals surface area (Å²) in [6.07, 6.45) is 0. The van der Waals surface area contributed by atoms with E-state index in [-0.39, 0.29) is 5.82 Å².